The van der Waals surface area contributed by atoms with Gasteiger partial charge in [0.05, 0.1) is 13.7 Å². The van der Waals surface area contributed by atoms with E-state index in [-0.39, 0.29) is 0 Å². The minimum Gasteiger partial charge on any atom is -0.493 e. The normalized spacial score (nSPS) is 10.5. The van der Waals surface area contributed by atoms with Crippen LogP contribution in [0.3, 0.4) is 0 Å². The van der Waals surface area contributed by atoms with Crippen molar-refractivity contribution in [2.45, 2.75) is 13.3 Å². The summed E-state index contributed by atoms with van der Waals surface area (Å²) in [7, 11) is 1.56. The summed E-state index contributed by atoms with van der Waals surface area (Å²) in [6, 6.07) is 11.7. The molecule has 0 aliphatic heterocycles. The van der Waals surface area contributed by atoms with Gasteiger partial charge in [-0.05, 0) is 54.5 Å². The van der Waals surface area contributed by atoms with Crippen molar-refractivity contribution in [3.63, 3.8) is 0 Å². The van der Waals surface area contributed by atoms with Gasteiger partial charge in [0, 0.05) is 16.7 Å². The molecule has 0 saturated carbocycles. The molecule has 0 aliphatic rings. The van der Waals surface area contributed by atoms with Crippen LogP contribution in [0.2, 0.25) is 5.02 Å². The molecule has 0 radical (unpaired) electrons. The van der Waals surface area contributed by atoms with Crippen LogP contribution in [0, 0.1) is 0 Å². The van der Waals surface area contributed by atoms with Crippen LogP contribution in [0.1, 0.15) is 29.3 Å². The molecule has 0 atom stereocenters. The highest BCUT2D eigenvalue weighted by molar-refractivity contribution is 6.30. The minimum absolute atomic E-state index is 0.385. The Hall–Kier alpha value is -2.99. The Labute approximate surface area is 163 Å². The second kappa shape index (κ2) is 10.2. The van der Waals surface area contributed by atoms with E-state index in [0.717, 1.165) is 12.0 Å². The Morgan fingerprint density at radius 3 is 2.48 bits per heavy atom. The maximum absolute atomic E-state index is 11.9. The Morgan fingerprint density at radius 1 is 1.07 bits per heavy atom. The molecule has 2 aromatic carbocycles. The molecular weight excluding hydrogens is 368 g/mol. The van der Waals surface area contributed by atoms with Gasteiger partial charge in [-0.15, -0.1) is 0 Å². The summed E-state index contributed by atoms with van der Waals surface area (Å²) >= 11 is 5.77. The molecule has 2 rings (SSSR count). The Kier molecular flexibility index (Phi) is 7.70. The maximum Gasteiger partial charge on any atom is 0.269 e. The van der Waals surface area contributed by atoms with E-state index >= 15 is 0 Å². The molecule has 6 nitrogen and oxygen atoms in total. The molecule has 2 N–H and O–H groups in total. The quantitative estimate of drug-likeness (QED) is 0.561. The second-order valence-corrected chi connectivity index (χ2v) is 5.98. The van der Waals surface area contributed by atoms with Gasteiger partial charge in [0.1, 0.15) is 0 Å². The summed E-state index contributed by atoms with van der Waals surface area (Å²) in [5.41, 5.74) is 5.80. The van der Waals surface area contributed by atoms with Crippen LogP contribution in [-0.2, 0) is 4.79 Å². The van der Waals surface area contributed by atoms with Gasteiger partial charge in [0.2, 0.25) is 0 Å². The Morgan fingerprint density at radius 2 is 1.81 bits per heavy atom. The third-order valence-electron chi connectivity index (χ3n) is 3.48. The van der Waals surface area contributed by atoms with E-state index in [0.29, 0.717) is 28.7 Å². The molecule has 0 aliphatic carbocycles. The second-order valence-electron chi connectivity index (χ2n) is 5.54. The van der Waals surface area contributed by atoms with Gasteiger partial charge in [-0.3, -0.25) is 20.4 Å². The van der Waals surface area contributed by atoms with Gasteiger partial charge in [-0.2, -0.15) is 0 Å². The number of hydrogen-bond donors (Lipinski definition) is 2. The van der Waals surface area contributed by atoms with Crippen molar-refractivity contribution in [2.24, 2.45) is 0 Å². The first-order valence-electron chi connectivity index (χ1n) is 8.38. The van der Waals surface area contributed by atoms with Crippen molar-refractivity contribution in [1.29, 1.82) is 0 Å². The fraction of sp³-hybridized carbons (Fsp3) is 0.200. The topological polar surface area (TPSA) is 76.7 Å². The molecule has 0 saturated heterocycles. The maximum atomic E-state index is 11.9. The molecule has 2 aromatic rings. The number of rotatable bonds is 7. The van der Waals surface area contributed by atoms with Crippen LogP contribution in [0.4, 0.5) is 0 Å². The number of amides is 2. The van der Waals surface area contributed by atoms with Gasteiger partial charge in [-0.25, -0.2) is 0 Å². The highest BCUT2D eigenvalue weighted by atomic mass is 35.5. The van der Waals surface area contributed by atoms with E-state index in [4.69, 9.17) is 21.1 Å². The first kappa shape index (κ1) is 20.3. The molecule has 0 spiro atoms. The zero-order valence-corrected chi connectivity index (χ0v) is 15.9. The third-order valence-corrected chi connectivity index (χ3v) is 3.73. The number of benzene rings is 2. The van der Waals surface area contributed by atoms with Crippen molar-refractivity contribution in [3.8, 4) is 11.5 Å². The van der Waals surface area contributed by atoms with Crippen molar-refractivity contribution < 1.29 is 19.1 Å². The van der Waals surface area contributed by atoms with E-state index in [1.807, 2.05) is 13.0 Å². The zero-order valence-electron chi connectivity index (χ0n) is 15.1. The number of carbonyl (C=O) groups excluding carboxylic acids is 2. The number of hydrazine groups is 1. The summed E-state index contributed by atoms with van der Waals surface area (Å²) in [5, 5.41) is 0.528. The molecule has 0 aromatic heterocycles. The minimum atomic E-state index is -0.470. The highest BCUT2D eigenvalue weighted by Gasteiger charge is 2.07. The van der Waals surface area contributed by atoms with Gasteiger partial charge in [-0.1, -0.05) is 24.6 Å². The van der Waals surface area contributed by atoms with E-state index in [9.17, 15) is 9.59 Å². The number of halogens is 1. The highest BCUT2D eigenvalue weighted by Crippen LogP contribution is 2.28. The lowest BCUT2D eigenvalue weighted by Gasteiger charge is -2.10. The number of ether oxygens (including phenoxy) is 2. The molecule has 0 heterocycles. The van der Waals surface area contributed by atoms with Crippen LogP contribution in [-0.4, -0.2) is 25.5 Å². The van der Waals surface area contributed by atoms with E-state index in [1.165, 1.54) is 6.08 Å². The monoisotopic (exact) mass is 388 g/mol. The lowest BCUT2D eigenvalue weighted by molar-refractivity contribution is -0.117. The molecule has 2 amide bonds. The predicted octanol–water partition coefficient (Wildman–Crippen LogP) is 3.61. The number of nitrogens with one attached hydrogen (secondary N) is 2. The molecule has 0 unspecified atom stereocenters. The average molecular weight is 389 g/mol. The van der Waals surface area contributed by atoms with E-state index in [2.05, 4.69) is 10.9 Å². The van der Waals surface area contributed by atoms with Crippen LogP contribution in [0.5, 0.6) is 11.5 Å². The molecular formula is C20H21ClN2O4. The van der Waals surface area contributed by atoms with Gasteiger partial charge in [0.25, 0.3) is 11.8 Å². The summed E-state index contributed by atoms with van der Waals surface area (Å²) in [6.45, 7) is 2.62. The van der Waals surface area contributed by atoms with Crippen molar-refractivity contribution in [1.82, 2.24) is 10.9 Å². The first-order valence-corrected chi connectivity index (χ1v) is 8.76. The zero-order chi connectivity index (χ0) is 19.6. The fourth-order valence-corrected chi connectivity index (χ4v) is 2.25. The molecule has 0 bridgehead atoms. The van der Waals surface area contributed by atoms with Crippen molar-refractivity contribution in [3.05, 3.63) is 64.7 Å². The SMILES string of the molecule is CCCOc1ccc(/C=C/C(=O)NNC(=O)c2ccc(Cl)cc2)cc1OC. The summed E-state index contributed by atoms with van der Waals surface area (Å²) in [6.07, 6.45) is 3.81. The summed E-state index contributed by atoms with van der Waals surface area (Å²) < 4.78 is 10.9. The summed E-state index contributed by atoms with van der Waals surface area (Å²) in [5.74, 6) is 0.327. The van der Waals surface area contributed by atoms with Crippen LogP contribution >= 0.6 is 11.6 Å². The molecule has 142 valence electrons. The van der Waals surface area contributed by atoms with E-state index in [1.54, 1.807) is 49.6 Å². The first-order chi connectivity index (χ1) is 13.0. The lowest BCUT2D eigenvalue weighted by Crippen LogP contribution is -2.40. The number of methoxy groups -OCH3 is 1. The van der Waals surface area contributed by atoms with Gasteiger partial charge >= 0.3 is 0 Å². The van der Waals surface area contributed by atoms with Crippen LogP contribution < -0.4 is 20.3 Å². The fourth-order valence-electron chi connectivity index (χ4n) is 2.12. The molecule has 7 heteroatoms. The van der Waals surface area contributed by atoms with E-state index < -0.39 is 11.8 Å². The van der Waals surface area contributed by atoms with Gasteiger partial charge in [0.15, 0.2) is 11.5 Å². The smallest absolute Gasteiger partial charge is 0.269 e. The Bertz CT molecular complexity index is 819. The molecule has 27 heavy (non-hydrogen) atoms. The van der Waals surface area contributed by atoms with Crippen LogP contribution in [0.25, 0.3) is 6.08 Å². The molecule has 0 fully saturated rings. The average Bonchev–Trinajstić information content (AvgIpc) is 2.69. The van der Waals surface area contributed by atoms with Crippen molar-refractivity contribution in [2.75, 3.05) is 13.7 Å². The van der Waals surface area contributed by atoms with Crippen molar-refractivity contribution >= 4 is 29.5 Å². The van der Waals surface area contributed by atoms with Crippen LogP contribution in [0.15, 0.2) is 48.5 Å². The summed E-state index contributed by atoms with van der Waals surface area (Å²) in [4.78, 5) is 23.8. The van der Waals surface area contributed by atoms with Gasteiger partial charge < -0.3 is 9.47 Å². The number of carbonyl (C=O) groups is 2. The number of hydrogen-bond acceptors (Lipinski definition) is 4. The lowest BCUT2D eigenvalue weighted by atomic mass is 10.2. The Balaban J connectivity index is 1.92. The largest absolute Gasteiger partial charge is 0.493 e. The standard InChI is InChI=1S/C20H21ClN2O4/c1-3-12-27-17-10-4-14(13-18(17)26-2)5-11-19(24)22-23-20(25)15-6-8-16(21)9-7-15/h4-11,13H,3,12H2,1-2H3,(H,22,24)(H,23,25)/b11-5+. The third kappa shape index (κ3) is 6.34. The predicted molar refractivity (Wildman–Crippen MR) is 105 cm³/mol.